The van der Waals surface area contributed by atoms with Crippen LogP contribution in [0.5, 0.6) is 0 Å². The lowest BCUT2D eigenvalue weighted by Crippen LogP contribution is -2.49. The topological polar surface area (TPSA) is 86.6 Å². The van der Waals surface area contributed by atoms with Gasteiger partial charge in [-0.05, 0) is 18.4 Å². The second kappa shape index (κ2) is 7.78. The molecule has 0 saturated heterocycles. The van der Waals surface area contributed by atoms with Crippen molar-refractivity contribution in [1.29, 1.82) is 0 Å². The van der Waals surface area contributed by atoms with E-state index in [1.807, 2.05) is 44.2 Å². The summed E-state index contributed by atoms with van der Waals surface area (Å²) >= 11 is 0. The van der Waals surface area contributed by atoms with E-state index in [1.54, 1.807) is 0 Å². The highest BCUT2D eigenvalue weighted by Gasteiger charge is 2.31. The molecule has 5 nitrogen and oxygen atoms in total. The van der Waals surface area contributed by atoms with Crippen molar-refractivity contribution >= 4 is 11.9 Å². The summed E-state index contributed by atoms with van der Waals surface area (Å²) in [7, 11) is 0. The molecule has 3 N–H and O–H groups in total. The molecule has 1 amide bonds. The Hall–Kier alpha value is -1.88. The second-order valence-corrected chi connectivity index (χ2v) is 5.34. The maximum Gasteiger partial charge on any atom is 0.328 e. The van der Waals surface area contributed by atoms with Gasteiger partial charge < -0.3 is 15.5 Å². The highest BCUT2D eigenvalue weighted by Crippen LogP contribution is 2.27. The Balaban J connectivity index is 2.99. The number of nitrogens with one attached hydrogen (secondary N) is 1. The quantitative estimate of drug-likeness (QED) is 0.715. The third-order valence-corrected chi connectivity index (χ3v) is 3.70. The molecule has 0 aliphatic rings. The van der Waals surface area contributed by atoms with Crippen LogP contribution in [0.4, 0.5) is 0 Å². The Bertz CT molecular complexity index is 472. The van der Waals surface area contributed by atoms with E-state index < -0.39 is 24.0 Å². The maximum absolute atomic E-state index is 12.5. The minimum absolute atomic E-state index is 0.0656. The molecule has 116 valence electrons. The molecule has 0 heterocycles. The summed E-state index contributed by atoms with van der Waals surface area (Å²) in [6.45, 7) is 5.28. The largest absolute Gasteiger partial charge is 0.480 e. The second-order valence-electron chi connectivity index (χ2n) is 5.34. The zero-order chi connectivity index (χ0) is 16.0. The number of rotatable bonds is 7. The van der Waals surface area contributed by atoms with Crippen LogP contribution in [-0.2, 0) is 9.59 Å². The number of aliphatic hydroxyl groups excluding tert-OH is 1. The fraction of sp³-hybridized carbons (Fsp3) is 0.500. The van der Waals surface area contributed by atoms with Crippen LogP contribution in [-0.4, -0.2) is 34.2 Å². The molecule has 5 heteroatoms. The molecule has 1 aromatic rings. The Morgan fingerprint density at radius 3 is 2.19 bits per heavy atom. The number of aliphatic carboxylic acids is 1. The van der Waals surface area contributed by atoms with Gasteiger partial charge in [0.2, 0.25) is 5.91 Å². The standard InChI is InChI=1S/C16H23NO4/c1-4-10(2)13(12-8-6-5-7-9-12)15(19)17-14(11(3)18)16(20)21/h5-11,13-14,18H,4H2,1-3H3,(H,17,19)(H,20,21). The summed E-state index contributed by atoms with van der Waals surface area (Å²) in [5, 5.41) is 21.0. The molecule has 0 aliphatic heterocycles. The molecular weight excluding hydrogens is 270 g/mol. The number of carboxylic acid groups (broad SMARTS) is 1. The lowest BCUT2D eigenvalue weighted by Gasteiger charge is -2.25. The Morgan fingerprint density at radius 1 is 1.19 bits per heavy atom. The number of aliphatic hydroxyl groups is 1. The van der Waals surface area contributed by atoms with Crippen LogP contribution in [0, 0.1) is 5.92 Å². The molecule has 0 saturated carbocycles. The molecule has 4 atom stereocenters. The van der Waals surface area contributed by atoms with Gasteiger partial charge in [0.05, 0.1) is 12.0 Å². The van der Waals surface area contributed by atoms with Crippen LogP contribution >= 0.6 is 0 Å². The average Bonchev–Trinajstić information content (AvgIpc) is 2.45. The predicted octanol–water partition coefficient (Wildman–Crippen LogP) is 1.77. The van der Waals surface area contributed by atoms with Gasteiger partial charge in [0.25, 0.3) is 0 Å². The Kier molecular flexibility index (Phi) is 6.37. The van der Waals surface area contributed by atoms with Gasteiger partial charge in [-0.1, -0.05) is 50.6 Å². The van der Waals surface area contributed by atoms with Crippen molar-refractivity contribution in [2.45, 2.75) is 45.3 Å². The van der Waals surface area contributed by atoms with E-state index in [9.17, 15) is 14.7 Å². The van der Waals surface area contributed by atoms with Gasteiger partial charge in [-0.15, -0.1) is 0 Å². The number of hydrogen-bond acceptors (Lipinski definition) is 3. The van der Waals surface area contributed by atoms with E-state index in [-0.39, 0.29) is 11.8 Å². The van der Waals surface area contributed by atoms with E-state index >= 15 is 0 Å². The third kappa shape index (κ3) is 4.56. The molecule has 1 aromatic carbocycles. The molecule has 1 rings (SSSR count). The number of carboxylic acids is 1. The minimum Gasteiger partial charge on any atom is -0.480 e. The first-order valence-corrected chi connectivity index (χ1v) is 7.14. The zero-order valence-corrected chi connectivity index (χ0v) is 12.6. The molecular formula is C16H23NO4. The van der Waals surface area contributed by atoms with Crippen LogP contribution in [0.3, 0.4) is 0 Å². The summed E-state index contributed by atoms with van der Waals surface area (Å²) < 4.78 is 0. The van der Waals surface area contributed by atoms with Crippen LogP contribution in [0.2, 0.25) is 0 Å². The summed E-state index contributed by atoms with van der Waals surface area (Å²) in [5.41, 5.74) is 0.846. The molecule has 4 unspecified atom stereocenters. The van der Waals surface area contributed by atoms with Crippen molar-refractivity contribution in [3.8, 4) is 0 Å². The smallest absolute Gasteiger partial charge is 0.328 e. The number of carbonyl (C=O) groups excluding carboxylic acids is 1. The maximum atomic E-state index is 12.5. The SMILES string of the molecule is CCC(C)C(C(=O)NC(C(=O)O)C(C)O)c1ccccc1. The highest BCUT2D eigenvalue weighted by atomic mass is 16.4. The van der Waals surface area contributed by atoms with Crippen molar-refractivity contribution in [1.82, 2.24) is 5.32 Å². The van der Waals surface area contributed by atoms with Crippen LogP contribution in [0.1, 0.15) is 38.7 Å². The molecule has 0 fully saturated rings. The highest BCUT2D eigenvalue weighted by molar-refractivity contribution is 5.88. The van der Waals surface area contributed by atoms with Crippen molar-refractivity contribution in [3.63, 3.8) is 0 Å². The molecule has 0 aliphatic carbocycles. The van der Waals surface area contributed by atoms with Crippen molar-refractivity contribution < 1.29 is 19.8 Å². The lowest BCUT2D eigenvalue weighted by molar-refractivity contribution is -0.145. The Morgan fingerprint density at radius 2 is 1.76 bits per heavy atom. The van der Waals surface area contributed by atoms with Crippen molar-refractivity contribution in [3.05, 3.63) is 35.9 Å². The molecule has 0 radical (unpaired) electrons. The lowest BCUT2D eigenvalue weighted by atomic mass is 9.84. The number of carbonyl (C=O) groups is 2. The van der Waals surface area contributed by atoms with Crippen LogP contribution in [0.15, 0.2) is 30.3 Å². The van der Waals surface area contributed by atoms with Gasteiger partial charge in [-0.25, -0.2) is 4.79 Å². The van der Waals surface area contributed by atoms with E-state index in [1.165, 1.54) is 6.92 Å². The average molecular weight is 293 g/mol. The predicted molar refractivity (Wildman–Crippen MR) is 79.9 cm³/mol. The third-order valence-electron chi connectivity index (χ3n) is 3.70. The number of amides is 1. The normalized spacial score (nSPS) is 16.6. The monoisotopic (exact) mass is 293 g/mol. The van der Waals surface area contributed by atoms with E-state index in [4.69, 9.17) is 5.11 Å². The van der Waals surface area contributed by atoms with E-state index in [0.29, 0.717) is 0 Å². The van der Waals surface area contributed by atoms with Gasteiger partial charge in [0.1, 0.15) is 0 Å². The van der Waals surface area contributed by atoms with Crippen molar-refractivity contribution in [2.75, 3.05) is 0 Å². The number of benzene rings is 1. The van der Waals surface area contributed by atoms with Gasteiger partial charge in [-0.2, -0.15) is 0 Å². The van der Waals surface area contributed by atoms with E-state index in [0.717, 1.165) is 12.0 Å². The molecule has 0 aromatic heterocycles. The van der Waals surface area contributed by atoms with Gasteiger partial charge >= 0.3 is 5.97 Å². The first-order valence-electron chi connectivity index (χ1n) is 7.14. The number of hydrogen-bond donors (Lipinski definition) is 3. The molecule has 21 heavy (non-hydrogen) atoms. The van der Waals surface area contributed by atoms with Gasteiger partial charge in [0, 0.05) is 0 Å². The summed E-state index contributed by atoms with van der Waals surface area (Å²) in [4.78, 5) is 23.6. The Labute approximate surface area is 125 Å². The van der Waals surface area contributed by atoms with Crippen LogP contribution in [0.25, 0.3) is 0 Å². The molecule has 0 spiro atoms. The zero-order valence-electron chi connectivity index (χ0n) is 12.6. The van der Waals surface area contributed by atoms with Gasteiger partial charge in [-0.3, -0.25) is 4.79 Å². The van der Waals surface area contributed by atoms with Gasteiger partial charge in [0.15, 0.2) is 6.04 Å². The van der Waals surface area contributed by atoms with E-state index in [2.05, 4.69) is 5.32 Å². The first kappa shape index (κ1) is 17.2. The molecule has 0 bridgehead atoms. The summed E-state index contributed by atoms with van der Waals surface area (Å²) in [5.74, 6) is -1.98. The fourth-order valence-corrected chi connectivity index (χ4v) is 2.27. The van der Waals surface area contributed by atoms with Crippen molar-refractivity contribution in [2.24, 2.45) is 5.92 Å². The first-order chi connectivity index (χ1) is 9.88. The summed E-state index contributed by atoms with van der Waals surface area (Å²) in [6, 6.07) is 7.98. The summed E-state index contributed by atoms with van der Waals surface area (Å²) in [6.07, 6.45) is -0.362. The van der Waals surface area contributed by atoms with Crippen LogP contribution < -0.4 is 5.32 Å². The fourth-order valence-electron chi connectivity index (χ4n) is 2.27. The minimum atomic E-state index is -1.30.